The van der Waals surface area contributed by atoms with Crippen LogP contribution in [-0.2, 0) is 25.5 Å². The summed E-state index contributed by atoms with van der Waals surface area (Å²) in [4.78, 5) is 38.9. The van der Waals surface area contributed by atoms with Crippen molar-refractivity contribution in [3.8, 4) is 0 Å². The van der Waals surface area contributed by atoms with E-state index >= 15 is 0 Å². The van der Waals surface area contributed by atoms with Crippen LogP contribution in [-0.4, -0.2) is 49.9 Å². The van der Waals surface area contributed by atoms with Crippen molar-refractivity contribution in [3.05, 3.63) is 29.8 Å². The number of nitrogens with zero attached hydrogens (tertiary/aromatic N) is 2. The van der Waals surface area contributed by atoms with Crippen LogP contribution in [0.25, 0.3) is 0 Å². The Balaban J connectivity index is 2.05. The maximum Gasteiger partial charge on any atom is 0.326 e. The Morgan fingerprint density at radius 1 is 1.35 bits per heavy atom. The zero-order valence-electron chi connectivity index (χ0n) is 13.7. The van der Waals surface area contributed by atoms with Gasteiger partial charge in [-0.15, -0.1) is 0 Å². The Bertz CT molecular complexity index is 612. The van der Waals surface area contributed by atoms with E-state index in [1.54, 1.807) is 6.92 Å². The second kappa shape index (κ2) is 7.26. The highest BCUT2D eigenvalue weighted by Crippen LogP contribution is 2.25. The highest BCUT2D eigenvalue weighted by molar-refractivity contribution is 6.05. The molecule has 23 heavy (non-hydrogen) atoms. The average molecular weight is 318 g/mol. The Hall–Kier alpha value is -2.37. The van der Waals surface area contributed by atoms with Crippen molar-refractivity contribution in [1.29, 1.82) is 0 Å². The number of amides is 2. The number of ether oxygens (including phenoxy) is 1. The van der Waals surface area contributed by atoms with Gasteiger partial charge in [-0.1, -0.05) is 12.1 Å². The topological polar surface area (TPSA) is 66.9 Å². The van der Waals surface area contributed by atoms with Gasteiger partial charge in [-0.05, 0) is 31.0 Å². The lowest BCUT2D eigenvalue weighted by Gasteiger charge is -2.15. The van der Waals surface area contributed by atoms with Crippen LogP contribution in [0.5, 0.6) is 0 Å². The predicted octanol–water partition coefficient (Wildman–Crippen LogP) is 1.23. The minimum Gasteiger partial charge on any atom is -0.465 e. The van der Waals surface area contributed by atoms with Gasteiger partial charge in [0.1, 0.15) is 6.54 Å². The van der Waals surface area contributed by atoms with Gasteiger partial charge in [0.25, 0.3) is 0 Å². The molecule has 6 heteroatoms. The van der Waals surface area contributed by atoms with E-state index in [-0.39, 0.29) is 31.4 Å². The lowest BCUT2D eigenvalue weighted by molar-refractivity contribution is -0.152. The molecule has 1 fully saturated rings. The lowest BCUT2D eigenvalue weighted by atomic mass is 9.97. The Morgan fingerprint density at radius 2 is 2.09 bits per heavy atom. The van der Waals surface area contributed by atoms with Crippen LogP contribution in [0.3, 0.4) is 0 Å². The summed E-state index contributed by atoms with van der Waals surface area (Å²) in [6.45, 7) is 1.63. The fourth-order valence-electron chi connectivity index (χ4n) is 2.66. The first-order chi connectivity index (χ1) is 10.9. The number of likely N-dealkylation sites (tertiary alicyclic amines) is 1. The first kappa shape index (κ1) is 17.0. The molecule has 1 aliphatic heterocycles. The van der Waals surface area contributed by atoms with Crippen LogP contribution in [0.1, 0.15) is 18.9 Å². The third-order valence-electron chi connectivity index (χ3n) is 3.84. The average Bonchev–Trinajstić information content (AvgIpc) is 2.75. The summed E-state index contributed by atoms with van der Waals surface area (Å²) < 4.78 is 4.81. The molecule has 0 N–H and O–H groups in total. The van der Waals surface area contributed by atoms with Crippen LogP contribution in [0.2, 0.25) is 0 Å². The Morgan fingerprint density at radius 3 is 2.74 bits per heavy atom. The number of carbonyl (C=O) groups is 3. The smallest absolute Gasteiger partial charge is 0.326 e. The highest BCUT2D eigenvalue weighted by Gasteiger charge is 2.39. The first-order valence-corrected chi connectivity index (χ1v) is 7.68. The number of imide groups is 1. The van der Waals surface area contributed by atoms with Crippen molar-refractivity contribution in [3.63, 3.8) is 0 Å². The maximum atomic E-state index is 12.4. The van der Waals surface area contributed by atoms with Gasteiger partial charge >= 0.3 is 5.97 Å². The molecule has 1 saturated heterocycles. The van der Waals surface area contributed by atoms with Crippen LogP contribution in [0.4, 0.5) is 5.69 Å². The lowest BCUT2D eigenvalue weighted by Crippen LogP contribution is -2.36. The molecule has 0 bridgehead atoms. The van der Waals surface area contributed by atoms with E-state index in [9.17, 15) is 14.4 Å². The van der Waals surface area contributed by atoms with Crippen LogP contribution >= 0.6 is 0 Å². The molecule has 124 valence electrons. The predicted molar refractivity (Wildman–Crippen MR) is 85.9 cm³/mol. The van der Waals surface area contributed by atoms with Gasteiger partial charge in [0, 0.05) is 26.2 Å². The van der Waals surface area contributed by atoms with Gasteiger partial charge in [0.15, 0.2) is 0 Å². The summed E-state index contributed by atoms with van der Waals surface area (Å²) >= 11 is 0. The molecule has 1 aromatic carbocycles. The fraction of sp³-hybridized carbons (Fsp3) is 0.471. The van der Waals surface area contributed by atoms with E-state index in [2.05, 4.69) is 0 Å². The van der Waals surface area contributed by atoms with E-state index in [0.29, 0.717) is 6.42 Å². The molecule has 0 saturated carbocycles. The number of esters is 1. The van der Waals surface area contributed by atoms with Crippen LogP contribution < -0.4 is 4.90 Å². The standard InChI is InChI=1S/C17H22N2O4/c1-4-23-16(21)11-19-15(20)10-13(17(19)22)8-12-6-5-7-14(9-12)18(2)3/h5-7,9,13H,4,8,10-11H2,1-3H3. The Labute approximate surface area is 136 Å². The molecule has 2 amide bonds. The fourth-order valence-corrected chi connectivity index (χ4v) is 2.66. The Kier molecular flexibility index (Phi) is 5.36. The van der Waals surface area contributed by atoms with Gasteiger partial charge < -0.3 is 9.64 Å². The number of hydrogen-bond donors (Lipinski definition) is 0. The quantitative estimate of drug-likeness (QED) is 0.583. The summed E-state index contributed by atoms with van der Waals surface area (Å²) in [7, 11) is 3.90. The summed E-state index contributed by atoms with van der Waals surface area (Å²) in [6, 6.07) is 7.87. The van der Waals surface area contributed by atoms with E-state index < -0.39 is 11.9 Å². The minimum absolute atomic E-state index is 0.143. The van der Waals surface area contributed by atoms with E-state index in [4.69, 9.17) is 4.74 Å². The number of anilines is 1. The zero-order chi connectivity index (χ0) is 17.0. The molecule has 1 aliphatic rings. The van der Waals surface area contributed by atoms with Gasteiger partial charge in [-0.2, -0.15) is 0 Å². The van der Waals surface area contributed by atoms with Crippen LogP contribution in [0.15, 0.2) is 24.3 Å². The van der Waals surface area contributed by atoms with E-state index in [0.717, 1.165) is 16.2 Å². The van der Waals surface area contributed by atoms with Gasteiger partial charge in [-0.25, -0.2) is 0 Å². The molecule has 0 spiro atoms. The van der Waals surface area contributed by atoms with Crippen molar-refractivity contribution in [2.24, 2.45) is 5.92 Å². The second-order valence-electron chi connectivity index (χ2n) is 5.79. The SMILES string of the molecule is CCOC(=O)CN1C(=O)CC(Cc2cccc(N(C)C)c2)C1=O. The number of carbonyl (C=O) groups excluding carboxylic acids is 3. The third-order valence-corrected chi connectivity index (χ3v) is 3.84. The van der Waals surface area contributed by atoms with Crippen molar-refractivity contribution in [2.75, 3.05) is 32.1 Å². The molecule has 0 radical (unpaired) electrons. The molecule has 1 unspecified atom stereocenters. The summed E-state index contributed by atoms with van der Waals surface area (Å²) in [5, 5.41) is 0. The van der Waals surface area contributed by atoms with Crippen molar-refractivity contribution >= 4 is 23.5 Å². The second-order valence-corrected chi connectivity index (χ2v) is 5.79. The largest absolute Gasteiger partial charge is 0.465 e. The maximum absolute atomic E-state index is 12.4. The summed E-state index contributed by atoms with van der Waals surface area (Å²) in [5.74, 6) is -1.56. The highest BCUT2D eigenvalue weighted by atomic mass is 16.5. The van der Waals surface area contributed by atoms with Crippen molar-refractivity contribution in [1.82, 2.24) is 4.90 Å². The molecule has 1 heterocycles. The van der Waals surface area contributed by atoms with Gasteiger partial charge in [0.05, 0.1) is 12.5 Å². The van der Waals surface area contributed by atoms with Gasteiger partial charge in [0.2, 0.25) is 11.8 Å². The van der Waals surface area contributed by atoms with E-state index in [1.165, 1.54) is 0 Å². The minimum atomic E-state index is -0.551. The molecular weight excluding hydrogens is 296 g/mol. The molecule has 1 aromatic rings. The number of hydrogen-bond acceptors (Lipinski definition) is 5. The van der Waals surface area contributed by atoms with Crippen molar-refractivity contribution < 1.29 is 19.1 Å². The zero-order valence-corrected chi connectivity index (χ0v) is 13.7. The molecule has 2 rings (SSSR count). The van der Waals surface area contributed by atoms with Crippen molar-refractivity contribution in [2.45, 2.75) is 19.8 Å². The van der Waals surface area contributed by atoms with Crippen LogP contribution in [0, 0.1) is 5.92 Å². The molecule has 6 nitrogen and oxygen atoms in total. The molecule has 0 aromatic heterocycles. The molecule has 1 atom stereocenters. The summed E-state index contributed by atoms with van der Waals surface area (Å²) in [6.07, 6.45) is 0.635. The molecular formula is C17H22N2O4. The first-order valence-electron chi connectivity index (χ1n) is 7.68. The summed E-state index contributed by atoms with van der Waals surface area (Å²) in [5.41, 5.74) is 2.04. The number of benzene rings is 1. The van der Waals surface area contributed by atoms with E-state index in [1.807, 2.05) is 43.3 Å². The van der Waals surface area contributed by atoms with Gasteiger partial charge in [-0.3, -0.25) is 19.3 Å². The molecule has 0 aliphatic carbocycles. The monoisotopic (exact) mass is 318 g/mol. The normalized spacial score (nSPS) is 17.5. The number of rotatable bonds is 6. The third kappa shape index (κ3) is 4.09.